The number of nitrogens with one attached hydrogen (secondary N) is 1. The minimum absolute atomic E-state index is 0.0142. The number of anilines is 1. The Hall–Kier alpha value is -3.33. The molecule has 4 rings (SSSR count). The summed E-state index contributed by atoms with van der Waals surface area (Å²) in [4.78, 5) is 26.6. The monoisotopic (exact) mass is 426 g/mol. The minimum Gasteiger partial charge on any atom is -0.486 e. The number of rotatable bonds is 6. The van der Waals surface area contributed by atoms with Gasteiger partial charge in [0.2, 0.25) is 5.01 Å². The summed E-state index contributed by atoms with van der Waals surface area (Å²) in [5.41, 5.74) is 1.17. The molecule has 1 saturated heterocycles. The molecule has 30 heavy (non-hydrogen) atoms. The summed E-state index contributed by atoms with van der Waals surface area (Å²) in [5, 5.41) is 11.3. The highest BCUT2D eigenvalue weighted by Gasteiger charge is 2.19. The van der Waals surface area contributed by atoms with Crippen molar-refractivity contribution in [3.63, 3.8) is 0 Å². The number of halogens is 1. The number of likely N-dealkylation sites (tertiary alicyclic amines) is 1. The number of carbonyl (C=O) groups excluding carboxylic acids is 2. The molecule has 0 spiro atoms. The van der Waals surface area contributed by atoms with Gasteiger partial charge < -0.3 is 15.0 Å². The van der Waals surface area contributed by atoms with E-state index >= 15 is 0 Å². The van der Waals surface area contributed by atoms with Crippen LogP contribution in [0, 0.1) is 5.82 Å². The molecule has 7 nitrogen and oxygen atoms in total. The first-order chi connectivity index (χ1) is 14.6. The predicted octanol–water partition coefficient (Wildman–Crippen LogP) is 3.74. The lowest BCUT2D eigenvalue weighted by atomic mass is 10.2. The molecule has 1 aliphatic rings. The van der Waals surface area contributed by atoms with Crippen molar-refractivity contribution in [1.29, 1.82) is 0 Å². The van der Waals surface area contributed by atoms with Crippen LogP contribution in [0.4, 0.5) is 10.1 Å². The number of amides is 2. The highest BCUT2D eigenvalue weighted by Crippen LogP contribution is 2.18. The van der Waals surface area contributed by atoms with Gasteiger partial charge in [0.15, 0.2) is 5.01 Å². The van der Waals surface area contributed by atoms with E-state index < -0.39 is 0 Å². The highest BCUT2D eigenvalue weighted by atomic mass is 32.1. The van der Waals surface area contributed by atoms with Crippen LogP contribution in [0.25, 0.3) is 0 Å². The number of benzene rings is 2. The molecule has 0 aliphatic carbocycles. The van der Waals surface area contributed by atoms with Crippen molar-refractivity contribution in [2.75, 3.05) is 18.4 Å². The van der Waals surface area contributed by atoms with Gasteiger partial charge in [0.25, 0.3) is 11.8 Å². The standard InChI is InChI=1S/C21H19FN4O3S/c22-15-5-9-17(10-6-15)29-13-18-24-25-20(30-18)19(27)23-16-7-3-14(4-8-16)21(28)26-11-1-2-12-26/h3-10H,1-2,11-13H2,(H,23,27). The van der Waals surface area contributed by atoms with Gasteiger partial charge in [0, 0.05) is 24.3 Å². The van der Waals surface area contributed by atoms with Gasteiger partial charge in [-0.2, -0.15) is 0 Å². The zero-order valence-corrected chi connectivity index (χ0v) is 16.8. The zero-order valence-electron chi connectivity index (χ0n) is 16.0. The number of hydrogen-bond donors (Lipinski definition) is 1. The van der Waals surface area contributed by atoms with Crippen molar-refractivity contribution in [2.24, 2.45) is 0 Å². The molecule has 2 amide bonds. The summed E-state index contributed by atoms with van der Waals surface area (Å²) in [7, 11) is 0. The van der Waals surface area contributed by atoms with Crippen LogP contribution in [0.15, 0.2) is 48.5 Å². The zero-order chi connectivity index (χ0) is 20.9. The summed E-state index contributed by atoms with van der Waals surface area (Å²) in [6.45, 7) is 1.72. The lowest BCUT2D eigenvalue weighted by molar-refractivity contribution is 0.0792. The predicted molar refractivity (Wildman–Crippen MR) is 110 cm³/mol. The third-order valence-electron chi connectivity index (χ3n) is 4.62. The number of aromatic nitrogens is 2. The van der Waals surface area contributed by atoms with E-state index in [0.717, 1.165) is 37.3 Å². The van der Waals surface area contributed by atoms with Crippen LogP contribution in [0.2, 0.25) is 0 Å². The van der Waals surface area contributed by atoms with Crippen LogP contribution in [-0.2, 0) is 6.61 Å². The van der Waals surface area contributed by atoms with Gasteiger partial charge in [-0.3, -0.25) is 9.59 Å². The third kappa shape index (κ3) is 4.80. The second-order valence-electron chi connectivity index (χ2n) is 6.77. The Bertz CT molecular complexity index is 1030. The molecule has 0 bridgehead atoms. The molecule has 0 saturated carbocycles. The molecule has 1 fully saturated rings. The van der Waals surface area contributed by atoms with E-state index in [2.05, 4.69) is 15.5 Å². The second kappa shape index (κ2) is 9.00. The molecule has 0 atom stereocenters. The van der Waals surface area contributed by atoms with Crippen LogP contribution in [-0.4, -0.2) is 40.0 Å². The molecular formula is C21H19FN4O3S. The Morgan fingerprint density at radius 1 is 1.03 bits per heavy atom. The minimum atomic E-state index is -0.390. The topological polar surface area (TPSA) is 84.4 Å². The van der Waals surface area contributed by atoms with Crippen molar-refractivity contribution < 1.29 is 18.7 Å². The number of hydrogen-bond acceptors (Lipinski definition) is 6. The maximum atomic E-state index is 12.9. The average Bonchev–Trinajstić information content (AvgIpc) is 3.46. The van der Waals surface area contributed by atoms with Gasteiger partial charge in [-0.25, -0.2) is 4.39 Å². The fourth-order valence-electron chi connectivity index (χ4n) is 3.06. The molecule has 154 valence electrons. The van der Waals surface area contributed by atoms with Crippen molar-refractivity contribution >= 4 is 28.8 Å². The molecule has 3 aromatic rings. The van der Waals surface area contributed by atoms with E-state index in [0.29, 0.717) is 22.0 Å². The number of nitrogens with zero attached hydrogens (tertiary/aromatic N) is 3. The number of ether oxygens (including phenoxy) is 1. The maximum Gasteiger partial charge on any atom is 0.286 e. The molecule has 2 heterocycles. The molecule has 1 aromatic heterocycles. The van der Waals surface area contributed by atoms with Crippen LogP contribution < -0.4 is 10.1 Å². The summed E-state index contributed by atoms with van der Waals surface area (Å²) in [6.07, 6.45) is 2.08. The Kier molecular flexibility index (Phi) is 5.99. The smallest absolute Gasteiger partial charge is 0.286 e. The fraction of sp³-hybridized carbons (Fsp3) is 0.238. The SMILES string of the molecule is O=C(Nc1ccc(C(=O)N2CCCC2)cc1)c1nnc(COc2ccc(F)cc2)s1. The fourth-order valence-corrected chi connectivity index (χ4v) is 3.71. The molecular weight excluding hydrogens is 407 g/mol. The Morgan fingerprint density at radius 3 is 2.43 bits per heavy atom. The lowest BCUT2D eigenvalue weighted by Crippen LogP contribution is -2.27. The van der Waals surface area contributed by atoms with E-state index in [1.54, 1.807) is 24.3 Å². The lowest BCUT2D eigenvalue weighted by Gasteiger charge is -2.15. The molecule has 1 N–H and O–H groups in total. The van der Waals surface area contributed by atoms with E-state index in [4.69, 9.17) is 4.74 Å². The van der Waals surface area contributed by atoms with Crippen molar-refractivity contribution in [3.05, 3.63) is 69.9 Å². The number of carbonyl (C=O) groups is 2. The summed E-state index contributed by atoms with van der Waals surface area (Å²) in [5.74, 6) is -0.216. The molecule has 0 radical (unpaired) electrons. The van der Waals surface area contributed by atoms with E-state index in [-0.39, 0.29) is 29.2 Å². The normalized spacial score (nSPS) is 13.3. The van der Waals surface area contributed by atoms with Crippen molar-refractivity contribution in [3.8, 4) is 5.75 Å². The van der Waals surface area contributed by atoms with Crippen LogP contribution >= 0.6 is 11.3 Å². The van der Waals surface area contributed by atoms with E-state index in [1.165, 1.54) is 24.3 Å². The maximum absolute atomic E-state index is 12.9. The van der Waals surface area contributed by atoms with Gasteiger partial charge in [0.05, 0.1) is 0 Å². The van der Waals surface area contributed by atoms with Gasteiger partial charge in [-0.05, 0) is 61.4 Å². The Morgan fingerprint density at radius 2 is 1.73 bits per heavy atom. The van der Waals surface area contributed by atoms with E-state index in [9.17, 15) is 14.0 Å². The second-order valence-corrected chi connectivity index (χ2v) is 7.84. The molecule has 0 unspecified atom stereocenters. The van der Waals surface area contributed by atoms with Crippen LogP contribution in [0.1, 0.15) is 38.0 Å². The first kappa shape index (κ1) is 20.0. The summed E-state index contributed by atoms with van der Waals surface area (Å²) >= 11 is 1.11. The first-order valence-corrected chi connectivity index (χ1v) is 10.3. The molecule has 1 aliphatic heterocycles. The van der Waals surface area contributed by atoms with Gasteiger partial charge in [-0.1, -0.05) is 11.3 Å². The Balaban J connectivity index is 1.32. The highest BCUT2D eigenvalue weighted by molar-refractivity contribution is 7.13. The van der Waals surface area contributed by atoms with E-state index in [1.807, 2.05) is 4.90 Å². The van der Waals surface area contributed by atoms with Gasteiger partial charge in [-0.15, -0.1) is 10.2 Å². The Labute approximate surface area is 176 Å². The quantitative estimate of drug-likeness (QED) is 0.649. The molecule has 2 aromatic carbocycles. The average molecular weight is 426 g/mol. The molecule has 9 heteroatoms. The summed E-state index contributed by atoms with van der Waals surface area (Å²) < 4.78 is 18.4. The van der Waals surface area contributed by atoms with Crippen LogP contribution in [0.5, 0.6) is 5.75 Å². The third-order valence-corrected chi connectivity index (χ3v) is 5.52. The van der Waals surface area contributed by atoms with Crippen molar-refractivity contribution in [2.45, 2.75) is 19.4 Å². The van der Waals surface area contributed by atoms with Gasteiger partial charge in [0.1, 0.15) is 18.2 Å². The largest absolute Gasteiger partial charge is 0.486 e. The van der Waals surface area contributed by atoms with Crippen molar-refractivity contribution in [1.82, 2.24) is 15.1 Å². The van der Waals surface area contributed by atoms with Crippen LogP contribution in [0.3, 0.4) is 0 Å². The first-order valence-electron chi connectivity index (χ1n) is 9.50. The summed E-state index contributed by atoms with van der Waals surface area (Å²) in [6, 6.07) is 12.4. The van der Waals surface area contributed by atoms with Gasteiger partial charge >= 0.3 is 0 Å².